The van der Waals surface area contributed by atoms with Crippen LogP contribution in [-0.4, -0.2) is 83.5 Å². The molecule has 2 N–H and O–H groups in total. The van der Waals surface area contributed by atoms with E-state index in [2.05, 4.69) is 34.3 Å². The lowest BCUT2D eigenvalue weighted by atomic mass is 9.92. The molecule has 2 aromatic rings. The van der Waals surface area contributed by atoms with Crippen molar-refractivity contribution in [2.75, 3.05) is 46.3 Å². The average Bonchev–Trinajstić information content (AvgIpc) is 3.42. The molecule has 162 valence electrons. The number of fused-ring (bicyclic) bond motifs is 1. The number of carbonyl (C=O) groups is 2. The van der Waals surface area contributed by atoms with Crippen LogP contribution in [0.25, 0.3) is 10.9 Å². The van der Waals surface area contributed by atoms with Crippen LogP contribution >= 0.6 is 0 Å². The molecule has 0 saturated carbocycles. The molecule has 0 aliphatic carbocycles. The minimum absolute atomic E-state index is 0.0106. The maximum absolute atomic E-state index is 12.8. The van der Waals surface area contributed by atoms with Gasteiger partial charge in [0.05, 0.1) is 0 Å². The zero-order valence-electron chi connectivity index (χ0n) is 18.1. The molecule has 3 heterocycles. The van der Waals surface area contributed by atoms with Crippen molar-refractivity contribution in [3.8, 4) is 0 Å². The summed E-state index contributed by atoms with van der Waals surface area (Å²) in [6, 6.07) is 8.25. The number of rotatable bonds is 5. The van der Waals surface area contributed by atoms with Crippen LogP contribution in [0.2, 0.25) is 0 Å². The fraction of sp³-hybridized carbons (Fsp3) is 0.565. The summed E-state index contributed by atoms with van der Waals surface area (Å²) in [4.78, 5) is 34.6. The summed E-state index contributed by atoms with van der Waals surface area (Å²) in [6.45, 7) is 7.10. The van der Waals surface area contributed by atoms with Crippen molar-refractivity contribution in [1.82, 2.24) is 25.0 Å². The number of hydrogen-bond donors (Lipinski definition) is 2. The summed E-state index contributed by atoms with van der Waals surface area (Å²) in [5.41, 5.74) is 2.38. The monoisotopic (exact) mass is 411 g/mol. The van der Waals surface area contributed by atoms with Crippen LogP contribution in [0, 0.1) is 0 Å². The summed E-state index contributed by atoms with van der Waals surface area (Å²) in [7, 11) is 1.69. The summed E-state index contributed by atoms with van der Waals surface area (Å²) < 4.78 is 0. The molecule has 2 aliphatic heterocycles. The largest absolute Gasteiger partial charge is 0.361 e. The Bertz CT molecular complexity index is 902. The molecule has 2 fully saturated rings. The predicted octanol–water partition coefficient (Wildman–Crippen LogP) is 2.44. The second-order valence-corrected chi connectivity index (χ2v) is 8.53. The van der Waals surface area contributed by atoms with E-state index in [4.69, 9.17) is 0 Å². The van der Waals surface area contributed by atoms with E-state index in [1.165, 1.54) is 10.9 Å². The number of nitrogens with one attached hydrogen (secondary N) is 2. The number of aromatic amines is 1. The highest BCUT2D eigenvalue weighted by molar-refractivity contribution is 5.84. The van der Waals surface area contributed by atoms with Gasteiger partial charge >= 0.3 is 6.03 Å². The van der Waals surface area contributed by atoms with Crippen molar-refractivity contribution in [3.63, 3.8) is 0 Å². The van der Waals surface area contributed by atoms with Gasteiger partial charge in [-0.3, -0.25) is 9.69 Å². The van der Waals surface area contributed by atoms with E-state index < -0.39 is 0 Å². The zero-order valence-corrected chi connectivity index (χ0v) is 18.1. The number of H-pyrrole nitrogens is 1. The SMILES string of the molecule is CCC1(N2CCN(C(=O)CCc3c[nH]c4ccccc34)CC2)CCN(C(=O)NC)C1. The normalized spacial score (nSPS) is 22.6. The Hall–Kier alpha value is -2.54. The van der Waals surface area contributed by atoms with Gasteiger partial charge < -0.3 is 20.1 Å². The lowest BCUT2D eigenvalue weighted by Crippen LogP contribution is -2.59. The van der Waals surface area contributed by atoms with E-state index >= 15 is 0 Å². The molecule has 1 atom stereocenters. The number of likely N-dealkylation sites (tertiary alicyclic amines) is 1. The van der Waals surface area contributed by atoms with E-state index in [0.717, 1.165) is 64.0 Å². The topological polar surface area (TPSA) is 71.7 Å². The van der Waals surface area contributed by atoms with E-state index in [-0.39, 0.29) is 17.5 Å². The van der Waals surface area contributed by atoms with Crippen LogP contribution in [0.3, 0.4) is 0 Å². The minimum atomic E-state index is 0.0106. The molecule has 7 nitrogen and oxygen atoms in total. The molecule has 3 amide bonds. The zero-order chi connectivity index (χ0) is 21.1. The molecule has 1 unspecified atom stereocenters. The van der Waals surface area contributed by atoms with Crippen LogP contribution in [0.15, 0.2) is 30.5 Å². The summed E-state index contributed by atoms with van der Waals surface area (Å²) in [5.74, 6) is 0.240. The molecule has 2 aliphatic rings. The van der Waals surface area contributed by atoms with E-state index in [0.29, 0.717) is 6.42 Å². The Morgan fingerprint density at radius 3 is 2.60 bits per heavy atom. The highest BCUT2D eigenvalue weighted by Gasteiger charge is 2.44. The molecule has 0 bridgehead atoms. The Labute approximate surface area is 178 Å². The third-order valence-electron chi connectivity index (χ3n) is 7.08. The van der Waals surface area contributed by atoms with Gasteiger partial charge in [0.15, 0.2) is 0 Å². The van der Waals surface area contributed by atoms with Gasteiger partial charge in [0, 0.05) is 75.4 Å². The number of urea groups is 1. The third kappa shape index (κ3) is 3.90. The van der Waals surface area contributed by atoms with Gasteiger partial charge in [-0.2, -0.15) is 0 Å². The molecule has 1 aromatic heterocycles. The predicted molar refractivity (Wildman–Crippen MR) is 118 cm³/mol. The van der Waals surface area contributed by atoms with Crippen molar-refractivity contribution in [2.45, 2.75) is 38.1 Å². The van der Waals surface area contributed by atoms with Crippen LogP contribution in [-0.2, 0) is 11.2 Å². The molecule has 4 rings (SSSR count). The van der Waals surface area contributed by atoms with Crippen LogP contribution < -0.4 is 5.32 Å². The highest BCUT2D eigenvalue weighted by Crippen LogP contribution is 2.32. The number of carbonyl (C=O) groups excluding carboxylic acids is 2. The standard InChI is InChI=1S/C23H33N5O2/c1-3-23(10-11-27(17-23)22(30)24-2)28-14-12-26(13-15-28)21(29)9-8-18-16-25-20-7-5-4-6-19(18)20/h4-7,16,25H,3,8-15,17H2,1-2H3,(H,24,30). The van der Waals surface area contributed by atoms with Crippen molar-refractivity contribution < 1.29 is 9.59 Å². The molecule has 2 saturated heterocycles. The van der Waals surface area contributed by atoms with Crippen molar-refractivity contribution >= 4 is 22.8 Å². The summed E-state index contributed by atoms with van der Waals surface area (Å²) in [5, 5.41) is 3.95. The number of benzene rings is 1. The maximum atomic E-state index is 12.8. The number of piperazine rings is 1. The lowest BCUT2D eigenvalue weighted by Gasteiger charge is -2.45. The number of aryl methyl sites for hydroxylation is 1. The Kier molecular flexibility index (Phi) is 5.99. The Morgan fingerprint density at radius 2 is 1.87 bits per heavy atom. The first-order valence-corrected chi connectivity index (χ1v) is 11.1. The van der Waals surface area contributed by atoms with Gasteiger partial charge in [-0.05, 0) is 30.9 Å². The molecule has 0 radical (unpaired) electrons. The Morgan fingerprint density at radius 1 is 1.10 bits per heavy atom. The van der Waals surface area contributed by atoms with Gasteiger partial charge in [0.25, 0.3) is 0 Å². The van der Waals surface area contributed by atoms with Crippen LogP contribution in [0.1, 0.15) is 31.7 Å². The molecule has 7 heteroatoms. The smallest absolute Gasteiger partial charge is 0.317 e. The number of nitrogens with zero attached hydrogens (tertiary/aromatic N) is 3. The Balaban J connectivity index is 1.30. The van der Waals surface area contributed by atoms with Gasteiger partial charge in [-0.15, -0.1) is 0 Å². The van der Waals surface area contributed by atoms with Gasteiger partial charge in [0.1, 0.15) is 0 Å². The van der Waals surface area contributed by atoms with Crippen molar-refractivity contribution in [2.24, 2.45) is 0 Å². The minimum Gasteiger partial charge on any atom is -0.361 e. The fourth-order valence-electron chi connectivity index (χ4n) is 5.13. The molecule has 1 aromatic carbocycles. The number of para-hydroxylation sites is 1. The highest BCUT2D eigenvalue weighted by atomic mass is 16.2. The number of aromatic nitrogens is 1. The average molecular weight is 412 g/mol. The first-order valence-electron chi connectivity index (χ1n) is 11.1. The maximum Gasteiger partial charge on any atom is 0.317 e. The number of amides is 3. The van der Waals surface area contributed by atoms with Gasteiger partial charge in [0.2, 0.25) is 5.91 Å². The van der Waals surface area contributed by atoms with Crippen molar-refractivity contribution in [3.05, 3.63) is 36.0 Å². The third-order valence-corrected chi connectivity index (χ3v) is 7.08. The number of hydrogen-bond acceptors (Lipinski definition) is 3. The van der Waals surface area contributed by atoms with E-state index in [1.807, 2.05) is 28.1 Å². The van der Waals surface area contributed by atoms with Gasteiger partial charge in [-0.25, -0.2) is 4.79 Å². The molecular weight excluding hydrogens is 378 g/mol. The van der Waals surface area contributed by atoms with Crippen LogP contribution in [0.5, 0.6) is 0 Å². The molecular formula is C23H33N5O2. The van der Waals surface area contributed by atoms with Crippen molar-refractivity contribution in [1.29, 1.82) is 0 Å². The second kappa shape index (κ2) is 8.68. The molecule has 30 heavy (non-hydrogen) atoms. The van der Waals surface area contributed by atoms with Crippen LogP contribution in [0.4, 0.5) is 4.79 Å². The summed E-state index contributed by atoms with van der Waals surface area (Å²) >= 11 is 0. The quantitative estimate of drug-likeness (QED) is 0.794. The first kappa shape index (κ1) is 20.7. The molecule has 0 spiro atoms. The van der Waals surface area contributed by atoms with Gasteiger partial charge in [-0.1, -0.05) is 25.1 Å². The summed E-state index contributed by atoms with van der Waals surface area (Å²) in [6.07, 6.45) is 5.37. The van der Waals surface area contributed by atoms with E-state index in [9.17, 15) is 9.59 Å². The lowest BCUT2D eigenvalue weighted by molar-refractivity contribution is -0.133. The van der Waals surface area contributed by atoms with E-state index in [1.54, 1.807) is 7.05 Å². The second-order valence-electron chi connectivity index (χ2n) is 8.53. The fourth-order valence-corrected chi connectivity index (χ4v) is 5.13. The first-order chi connectivity index (χ1) is 14.6.